The number of aliphatic hydroxyl groups excluding tert-OH is 1. The van der Waals surface area contributed by atoms with Crippen LogP contribution in [-0.2, 0) is 4.74 Å². The Hall–Kier alpha value is -0.520. The molecule has 0 saturated carbocycles. The summed E-state index contributed by atoms with van der Waals surface area (Å²) in [5, 5.41) is 12.7. The second-order valence-corrected chi connectivity index (χ2v) is 4.35. The summed E-state index contributed by atoms with van der Waals surface area (Å²) < 4.78 is 10.8. The van der Waals surface area contributed by atoms with E-state index in [-0.39, 0.29) is 6.61 Å². The first-order chi connectivity index (χ1) is 8.74. The van der Waals surface area contributed by atoms with E-state index in [1.54, 1.807) is 18.2 Å². The maximum absolute atomic E-state index is 8.53. The molecular weight excluding hydrogens is 277 g/mol. The van der Waals surface area contributed by atoms with Crippen LogP contribution in [0.25, 0.3) is 0 Å². The summed E-state index contributed by atoms with van der Waals surface area (Å²) in [6.45, 7) is 2.89. The summed E-state index contributed by atoms with van der Waals surface area (Å²) in [6, 6.07) is 5.08. The van der Waals surface area contributed by atoms with Crippen LogP contribution in [0.5, 0.6) is 5.75 Å². The lowest BCUT2D eigenvalue weighted by molar-refractivity contribution is 0.101. The zero-order valence-electron chi connectivity index (χ0n) is 9.99. The van der Waals surface area contributed by atoms with E-state index in [4.69, 9.17) is 37.8 Å². The van der Waals surface area contributed by atoms with Crippen molar-refractivity contribution >= 4 is 23.2 Å². The Morgan fingerprint density at radius 3 is 2.72 bits per heavy atom. The number of rotatable bonds is 9. The summed E-state index contributed by atoms with van der Waals surface area (Å²) >= 11 is 11.8. The van der Waals surface area contributed by atoms with Crippen LogP contribution in [0, 0.1) is 0 Å². The smallest absolute Gasteiger partial charge is 0.139 e. The lowest BCUT2D eigenvalue weighted by Gasteiger charge is -2.09. The highest BCUT2D eigenvalue weighted by Crippen LogP contribution is 2.27. The second-order valence-electron chi connectivity index (χ2n) is 3.51. The monoisotopic (exact) mass is 293 g/mol. The van der Waals surface area contributed by atoms with Crippen molar-refractivity contribution in [3.63, 3.8) is 0 Å². The van der Waals surface area contributed by atoms with Crippen LogP contribution < -0.4 is 10.1 Å². The minimum absolute atomic E-state index is 0.135. The minimum Gasteiger partial charge on any atom is -0.490 e. The van der Waals surface area contributed by atoms with Gasteiger partial charge in [0.1, 0.15) is 12.4 Å². The van der Waals surface area contributed by atoms with Gasteiger partial charge in [-0.05, 0) is 12.1 Å². The Kier molecular flexibility index (Phi) is 8.13. The predicted molar refractivity (Wildman–Crippen MR) is 72.7 cm³/mol. The molecule has 2 N–H and O–H groups in total. The summed E-state index contributed by atoms with van der Waals surface area (Å²) in [7, 11) is 0. The van der Waals surface area contributed by atoms with E-state index >= 15 is 0 Å². The van der Waals surface area contributed by atoms with Gasteiger partial charge in [0.25, 0.3) is 0 Å². The minimum atomic E-state index is 0.135. The first-order valence-corrected chi connectivity index (χ1v) is 6.47. The number of hydrogen-bond donors (Lipinski definition) is 2. The van der Waals surface area contributed by atoms with Gasteiger partial charge in [0, 0.05) is 24.2 Å². The van der Waals surface area contributed by atoms with Crippen molar-refractivity contribution in [2.45, 2.75) is 0 Å². The number of halogens is 2. The Morgan fingerprint density at radius 1 is 1.11 bits per heavy atom. The molecule has 0 radical (unpaired) electrons. The third kappa shape index (κ3) is 6.42. The summed E-state index contributed by atoms with van der Waals surface area (Å²) in [6.07, 6.45) is 0. The number of hydrogen-bond acceptors (Lipinski definition) is 4. The standard InChI is InChI=1S/C12H17Cl2NO3/c13-10-1-2-11(14)12(9-10)18-8-7-17-6-4-15-3-5-16/h1-2,9,15-16H,3-8H2. The van der Waals surface area contributed by atoms with E-state index in [0.717, 1.165) is 0 Å². The van der Waals surface area contributed by atoms with Gasteiger partial charge in [-0.2, -0.15) is 0 Å². The zero-order chi connectivity index (χ0) is 13.2. The number of ether oxygens (including phenoxy) is 2. The van der Waals surface area contributed by atoms with Crippen LogP contribution in [0.1, 0.15) is 0 Å². The van der Waals surface area contributed by atoms with E-state index in [1.165, 1.54) is 0 Å². The van der Waals surface area contributed by atoms with E-state index in [0.29, 0.717) is 48.7 Å². The van der Waals surface area contributed by atoms with Crippen molar-refractivity contribution in [1.82, 2.24) is 5.32 Å². The molecular formula is C12H17Cl2NO3. The maximum Gasteiger partial charge on any atom is 0.139 e. The Labute approximate surface area is 117 Å². The molecule has 0 spiro atoms. The van der Waals surface area contributed by atoms with Crippen molar-refractivity contribution in [3.05, 3.63) is 28.2 Å². The summed E-state index contributed by atoms with van der Waals surface area (Å²) in [5.74, 6) is 0.561. The largest absolute Gasteiger partial charge is 0.490 e. The number of aliphatic hydroxyl groups is 1. The molecule has 0 amide bonds. The van der Waals surface area contributed by atoms with Crippen LogP contribution in [0.3, 0.4) is 0 Å². The first kappa shape index (κ1) is 15.5. The lowest BCUT2D eigenvalue weighted by atomic mass is 10.3. The summed E-state index contributed by atoms with van der Waals surface area (Å²) in [4.78, 5) is 0. The molecule has 0 atom stereocenters. The highest BCUT2D eigenvalue weighted by Gasteiger charge is 2.02. The van der Waals surface area contributed by atoms with Gasteiger partial charge in [-0.15, -0.1) is 0 Å². The Morgan fingerprint density at radius 2 is 1.94 bits per heavy atom. The molecule has 0 heterocycles. The quantitative estimate of drug-likeness (QED) is 0.684. The van der Waals surface area contributed by atoms with Gasteiger partial charge in [-0.25, -0.2) is 0 Å². The molecule has 1 rings (SSSR count). The average molecular weight is 294 g/mol. The second kappa shape index (κ2) is 9.42. The predicted octanol–water partition coefficient (Wildman–Crippen LogP) is 1.97. The van der Waals surface area contributed by atoms with Crippen LogP contribution in [0.15, 0.2) is 18.2 Å². The number of benzene rings is 1. The highest BCUT2D eigenvalue weighted by atomic mass is 35.5. The van der Waals surface area contributed by atoms with Gasteiger partial charge in [0.2, 0.25) is 0 Å². The molecule has 102 valence electrons. The molecule has 0 saturated heterocycles. The SMILES string of the molecule is OCCNCCOCCOc1cc(Cl)ccc1Cl. The van der Waals surface area contributed by atoms with Gasteiger partial charge in [0.05, 0.1) is 24.8 Å². The fourth-order valence-corrected chi connectivity index (χ4v) is 1.58. The summed E-state index contributed by atoms with van der Waals surface area (Å²) in [5.41, 5.74) is 0. The lowest BCUT2D eigenvalue weighted by Crippen LogP contribution is -2.23. The zero-order valence-corrected chi connectivity index (χ0v) is 11.5. The van der Waals surface area contributed by atoms with Gasteiger partial charge in [0.15, 0.2) is 0 Å². The molecule has 0 bridgehead atoms. The molecule has 0 aliphatic heterocycles. The van der Waals surface area contributed by atoms with E-state index in [2.05, 4.69) is 5.32 Å². The molecule has 0 aromatic heterocycles. The highest BCUT2D eigenvalue weighted by molar-refractivity contribution is 6.34. The van der Waals surface area contributed by atoms with Crippen molar-refractivity contribution in [2.24, 2.45) is 0 Å². The Balaban J connectivity index is 2.09. The van der Waals surface area contributed by atoms with Crippen LogP contribution in [0.2, 0.25) is 10.0 Å². The Bertz CT molecular complexity index is 350. The molecule has 0 aliphatic rings. The van der Waals surface area contributed by atoms with E-state index < -0.39 is 0 Å². The molecule has 0 fully saturated rings. The molecule has 0 unspecified atom stereocenters. The fraction of sp³-hybridized carbons (Fsp3) is 0.500. The topological polar surface area (TPSA) is 50.7 Å². The molecule has 18 heavy (non-hydrogen) atoms. The van der Waals surface area contributed by atoms with Crippen LogP contribution in [0.4, 0.5) is 0 Å². The maximum atomic E-state index is 8.53. The van der Waals surface area contributed by atoms with Gasteiger partial charge < -0.3 is 19.9 Å². The van der Waals surface area contributed by atoms with E-state index in [1.807, 2.05) is 0 Å². The third-order valence-electron chi connectivity index (χ3n) is 2.09. The van der Waals surface area contributed by atoms with Gasteiger partial charge >= 0.3 is 0 Å². The fourth-order valence-electron chi connectivity index (χ4n) is 1.25. The molecule has 1 aromatic rings. The molecule has 6 heteroatoms. The van der Waals surface area contributed by atoms with Crippen molar-refractivity contribution in [3.8, 4) is 5.75 Å². The molecule has 1 aromatic carbocycles. The molecule has 4 nitrogen and oxygen atoms in total. The normalized spacial score (nSPS) is 10.6. The third-order valence-corrected chi connectivity index (χ3v) is 2.64. The van der Waals surface area contributed by atoms with Crippen molar-refractivity contribution in [1.29, 1.82) is 0 Å². The van der Waals surface area contributed by atoms with Gasteiger partial charge in [-0.3, -0.25) is 0 Å². The van der Waals surface area contributed by atoms with Crippen molar-refractivity contribution in [2.75, 3.05) is 39.5 Å². The van der Waals surface area contributed by atoms with E-state index in [9.17, 15) is 0 Å². The molecule has 0 aliphatic carbocycles. The first-order valence-electron chi connectivity index (χ1n) is 5.71. The number of nitrogens with one attached hydrogen (secondary N) is 1. The van der Waals surface area contributed by atoms with Gasteiger partial charge in [-0.1, -0.05) is 23.2 Å². The van der Waals surface area contributed by atoms with Crippen molar-refractivity contribution < 1.29 is 14.6 Å². The van der Waals surface area contributed by atoms with Crippen LogP contribution in [-0.4, -0.2) is 44.6 Å². The van der Waals surface area contributed by atoms with Crippen LogP contribution >= 0.6 is 23.2 Å². The average Bonchev–Trinajstić information content (AvgIpc) is 2.36.